The topological polar surface area (TPSA) is 563 Å². The van der Waals surface area contributed by atoms with Crippen molar-refractivity contribution in [2.24, 2.45) is 23.7 Å². The van der Waals surface area contributed by atoms with Gasteiger partial charge in [0.15, 0.2) is 44.0 Å². The normalized spacial score (nSPS) is 49.1. The van der Waals surface area contributed by atoms with Gasteiger partial charge in [-0.2, -0.15) is 0 Å². The van der Waals surface area contributed by atoms with Crippen LogP contribution in [0, 0.1) is 23.7 Å². The average Bonchev–Trinajstić information content (AvgIpc) is 1.00. The highest BCUT2D eigenvalue weighted by atomic mass is 16.8. The summed E-state index contributed by atoms with van der Waals surface area (Å²) < 4.78 is 89.7. The van der Waals surface area contributed by atoms with Gasteiger partial charge >= 0.3 is 0 Å². The van der Waals surface area contributed by atoms with Gasteiger partial charge in [0.25, 0.3) is 0 Å². The van der Waals surface area contributed by atoms with E-state index < -0.39 is 298 Å². The van der Waals surface area contributed by atoms with Crippen molar-refractivity contribution in [3.8, 4) is 0 Å². The van der Waals surface area contributed by atoms with Crippen LogP contribution in [-0.2, 0) is 71.1 Å². The van der Waals surface area contributed by atoms with E-state index in [1.165, 1.54) is 13.8 Å². The molecule has 528 valence electrons. The van der Waals surface area contributed by atoms with Crippen molar-refractivity contribution in [1.82, 2.24) is 0 Å². The molecule has 0 aromatic rings. The summed E-state index contributed by atoms with van der Waals surface area (Å²) in [4.78, 5) is 0. The highest BCUT2D eigenvalue weighted by Crippen LogP contribution is 2.39. The summed E-state index contributed by atoms with van der Waals surface area (Å²) in [6, 6.07) is 0. The van der Waals surface area contributed by atoms with Crippen molar-refractivity contribution < 1.29 is 178 Å². The van der Waals surface area contributed by atoms with Gasteiger partial charge in [0, 0.05) is 23.7 Å². The van der Waals surface area contributed by atoms with E-state index in [4.69, 9.17) is 71.1 Å². The fraction of sp³-hybridized carbons (Fsp3) is 1.00. The van der Waals surface area contributed by atoms with Gasteiger partial charge in [0.1, 0.15) is 146 Å². The Bertz CT molecular complexity index is 2090. The van der Waals surface area contributed by atoms with E-state index in [0.29, 0.717) is 0 Å². The largest absolute Gasteiger partial charge is 0.394 e. The first-order chi connectivity index (χ1) is 42.6. The summed E-state index contributed by atoms with van der Waals surface area (Å²) >= 11 is 0. The fourth-order valence-electron chi connectivity index (χ4n) is 11.8. The number of hydrogen-bond donors (Lipinski definition) is 21. The predicted octanol–water partition coefficient (Wildman–Crippen LogP) is -11.6. The molecule has 0 aromatic carbocycles. The zero-order valence-corrected chi connectivity index (χ0v) is 50.4. The van der Waals surface area contributed by atoms with Crippen LogP contribution in [0.25, 0.3) is 0 Å². The van der Waals surface area contributed by atoms with Gasteiger partial charge in [-0.05, 0) is 6.92 Å². The minimum absolute atomic E-state index is 0.487. The lowest BCUT2D eigenvalue weighted by Gasteiger charge is -2.49. The Labute approximate surface area is 516 Å². The molecule has 7 aliphatic heterocycles. The second kappa shape index (κ2) is 33.7. The molecule has 21 N–H and O–H groups in total. The second-order valence-electron chi connectivity index (χ2n) is 24.4. The van der Waals surface area contributed by atoms with Crippen LogP contribution in [-0.4, -0.2) is 382 Å². The molecule has 7 heterocycles. The summed E-state index contributed by atoms with van der Waals surface area (Å²) in [7, 11) is 0. The summed E-state index contributed by atoms with van der Waals surface area (Å²) in [6.45, 7) is 1.43. The first-order valence-corrected chi connectivity index (χ1v) is 30.1. The third kappa shape index (κ3) is 16.6. The Balaban J connectivity index is 1.17. The van der Waals surface area contributed by atoms with Crippen LogP contribution in [0.3, 0.4) is 0 Å². The van der Waals surface area contributed by atoms with E-state index in [0.717, 1.165) is 0 Å². The summed E-state index contributed by atoms with van der Waals surface area (Å²) in [5.41, 5.74) is 0. The van der Waals surface area contributed by atoms with Crippen molar-refractivity contribution in [3.05, 3.63) is 0 Å². The van der Waals surface area contributed by atoms with Crippen molar-refractivity contribution in [2.75, 3.05) is 59.5 Å². The molecule has 0 aromatic heterocycles. The number of aliphatic hydroxyl groups excluding tert-OH is 21. The van der Waals surface area contributed by atoms with E-state index in [1.807, 2.05) is 0 Å². The molecule has 0 bridgehead atoms. The molecule has 36 heteroatoms. The summed E-state index contributed by atoms with van der Waals surface area (Å²) in [5, 5.41) is 228. The van der Waals surface area contributed by atoms with E-state index in [1.54, 1.807) is 27.7 Å². The Hall–Kier alpha value is -1.44. The highest BCUT2D eigenvalue weighted by molar-refractivity contribution is 5.00. The van der Waals surface area contributed by atoms with Crippen LogP contribution in [0.4, 0.5) is 0 Å². The monoisotopic (exact) mass is 1320 g/mol. The first-order valence-electron chi connectivity index (χ1n) is 30.1. The molecule has 0 spiro atoms. The zero-order valence-electron chi connectivity index (χ0n) is 50.4. The smallest absolute Gasteiger partial charge is 0.187 e. The Kier molecular flexibility index (Phi) is 28.4. The molecule has 0 amide bonds. The van der Waals surface area contributed by atoms with Gasteiger partial charge in [-0.3, -0.25) is 0 Å². The van der Waals surface area contributed by atoms with Crippen LogP contribution in [0.15, 0.2) is 0 Å². The van der Waals surface area contributed by atoms with Crippen LogP contribution >= 0.6 is 0 Å². The van der Waals surface area contributed by atoms with Crippen molar-refractivity contribution in [2.45, 2.75) is 256 Å². The van der Waals surface area contributed by atoms with Crippen LogP contribution < -0.4 is 0 Å². The Morgan fingerprint density at radius 3 is 1.24 bits per heavy atom. The van der Waals surface area contributed by atoms with Gasteiger partial charge in [-0.25, -0.2) is 0 Å². The summed E-state index contributed by atoms with van der Waals surface area (Å²) in [6.07, 6.45) is -59.9. The quantitative estimate of drug-likeness (QED) is 0.0340. The number of ether oxygens (including phenoxy) is 15. The van der Waals surface area contributed by atoms with E-state index >= 15 is 0 Å². The Morgan fingerprint density at radius 1 is 0.311 bits per heavy atom. The predicted molar refractivity (Wildman–Crippen MR) is 287 cm³/mol. The minimum atomic E-state index is -2.26. The molecule has 0 aliphatic carbocycles. The molecule has 0 saturated carbocycles. The van der Waals surface area contributed by atoms with E-state index in [-0.39, 0.29) is 0 Å². The zero-order chi connectivity index (χ0) is 66.5. The van der Waals surface area contributed by atoms with Crippen molar-refractivity contribution in [3.63, 3.8) is 0 Å². The lowest BCUT2D eigenvalue weighted by atomic mass is 9.89. The molecule has 0 radical (unpaired) electrons. The Morgan fingerprint density at radius 2 is 0.722 bits per heavy atom. The van der Waals surface area contributed by atoms with Crippen molar-refractivity contribution >= 4 is 0 Å². The maximum Gasteiger partial charge on any atom is 0.187 e. The molecule has 38 atom stereocenters. The van der Waals surface area contributed by atoms with Gasteiger partial charge in [0.2, 0.25) is 0 Å². The van der Waals surface area contributed by atoms with Gasteiger partial charge in [-0.15, -0.1) is 0 Å². The summed E-state index contributed by atoms with van der Waals surface area (Å²) in [5.74, 6) is -3.44. The molecule has 15 unspecified atom stereocenters. The molecule has 7 rings (SSSR count). The van der Waals surface area contributed by atoms with Gasteiger partial charge in [-0.1, -0.05) is 34.6 Å². The van der Waals surface area contributed by atoms with Gasteiger partial charge < -0.3 is 178 Å². The molecule has 90 heavy (non-hydrogen) atoms. The van der Waals surface area contributed by atoms with Crippen LogP contribution in [0.5, 0.6) is 0 Å². The van der Waals surface area contributed by atoms with Crippen LogP contribution in [0.1, 0.15) is 41.5 Å². The number of rotatable bonds is 27. The highest BCUT2D eigenvalue weighted by Gasteiger charge is 2.57. The lowest BCUT2D eigenvalue weighted by molar-refractivity contribution is -0.394. The third-order valence-corrected chi connectivity index (χ3v) is 17.9. The molecular formula is C54H96O36. The number of aliphatic hydroxyl groups is 21. The minimum Gasteiger partial charge on any atom is -0.394 e. The average molecular weight is 1320 g/mol. The van der Waals surface area contributed by atoms with Gasteiger partial charge in [0.05, 0.1) is 83.9 Å². The molecular weight excluding hydrogens is 1220 g/mol. The van der Waals surface area contributed by atoms with Crippen molar-refractivity contribution in [1.29, 1.82) is 0 Å². The standard InChI is InChI=1S/C54H96O36/c1-16(2)48(86-43-27(13-61)77-20(6)17(3)31(43)64)78-21(7-55)22(8-56)79-52-42(75)45(88-54-47(40(73)36(69)26(12-60)83-54)90-49-18(4)30(63)33(66)23(9-57)80-49)37(70)29(85-52)15-76-53-46(39(72)35(68)25(11-59)82-53)89-50-19(5)32(65)44(28(14-62)84-50)87-51-41(74)38(71)34(67)24(10-58)81-51/h16-75H,7-15H2,1-6H3/t17-,18+,19?,20+,21?,22+,23?,24?,25?,26-,27?,28+,29?,30?,31?,32?,33-,34+,35-,36-,37-,38?,39?,40?,41+,42-,43-,44-,45?,46-,47?,48+,49+,50+,51+,52-,53+,54-/m1/s1. The maximum atomic E-state index is 12.3. The number of hydrogen-bond acceptors (Lipinski definition) is 36. The lowest BCUT2D eigenvalue weighted by Crippen LogP contribution is -2.67. The fourth-order valence-corrected chi connectivity index (χ4v) is 11.8. The van der Waals surface area contributed by atoms with E-state index in [2.05, 4.69) is 0 Å². The van der Waals surface area contributed by atoms with Crippen LogP contribution in [0.2, 0.25) is 0 Å². The maximum absolute atomic E-state index is 12.3. The molecule has 7 saturated heterocycles. The molecule has 7 aliphatic rings. The first kappa shape index (κ1) is 75.9. The van der Waals surface area contributed by atoms with E-state index in [9.17, 15) is 107 Å². The molecule has 7 fully saturated rings. The molecule has 36 nitrogen and oxygen atoms in total. The SMILES string of the molecule is CC(C)[C@@H](OC(CO)[C@H](CO)O[C@@H]1OC(CO[C@H]2OC(CO)[C@@H](O)C(O)[C@H]2O[C@@H]2O[C@@H](CO)[C@@H](O[C@@H]3OC(CO)[C@H](O)C(O)[C@@H]3O)C(O)C2C)[C@@H](O)C(O[C@H]2O[C@H](CO)[C@@H](O)C(O)C2O[C@@H]2OC(CO)[C@@H](O)C(O)[C@@H]2C)[C@H]1O)O[C@@H]1C(CO)O[C@@H](C)[C@@H](C)C1O. The second-order valence-corrected chi connectivity index (χ2v) is 24.4. The third-order valence-electron chi connectivity index (χ3n) is 17.9.